The Balaban J connectivity index is 1.52. The number of nitrogens with one attached hydrogen (secondary N) is 1. The molecule has 1 N–H and O–H groups in total. The van der Waals surface area contributed by atoms with Crippen LogP contribution in [0.25, 0.3) is 11.3 Å². The number of hydrogen-bond acceptors (Lipinski definition) is 7. The van der Waals surface area contributed by atoms with Gasteiger partial charge in [-0.1, -0.05) is 19.4 Å². The number of benzene rings is 2. The lowest BCUT2D eigenvalue weighted by Gasteiger charge is -2.31. The van der Waals surface area contributed by atoms with Crippen molar-refractivity contribution in [3.05, 3.63) is 59.3 Å². The quantitative estimate of drug-likeness (QED) is 0.380. The number of aromatic nitrogens is 2. The molecule has 38 heavy (non-hydrogen) atoms. The molecule has 5 rings (SSSR count). The van der Waals surface area contributed by atoms with Crippen molar-refractivity contribution in [1.29, 1.82) is 0 Å². The molecule has 0 saturated carbocycles. The van der Waals surface area contributed by atoms with Crippen molar-refractivity contribution in [3.8, 4) is 28.5 Å². The monoisotopic (exact) mass is 520 g/mol. The Kier molecular flexibility index (Phi) is 8.14. The normalized spacial score (nSPS) is 17.5. The molecular formula is C29H36N4O5. The van der Waals surface area contributed by atoms with Gasteiger partial charge < -0.3 is 23.8 Å². The summed E-state index contributed by atoms with van der Waals surface area (Å²) in [4.78, 5) is 18.0. The Morgan fingerprint density at radius 3 is 2.53 bits per heavy atom. The molecule has 1 amide bonds. The summed E-state index contributed by atoms with van der Waals surface area (Å²) in [6.45, 7) is 7.31. The van der Waals surface area contributed by atoms with Crippen LogP contribution in [0.4, 0.5) is 0 Å². The van der Waals surface area contributed by atoms with Crippen LogP contribution < -0.4 is 14.2 Å². The third kappa shape index (κ3) is 5.21. The van der Waals surface area contributed by atoms with Crippen molar-refractivity contribution >= 4 is 5.91 Å². The van der Waals surface area contributed by atoms with Gasteiger partial charge in [-0.25, -0.2) is 0 Å². The van der Waals surface area contributed by atoms with Crippen molar-refractivity contribution in [2.75, 3.05) is 60.2 Å². The third-order valence-electron chi connectivity index (χ3n) is 7.25. The number of fused-ring (bicyclic) bond motifs is 1. The maximum absolute atomic E-state index is 13.7. The number of aromatic amines is 1. The predicted octanol–water partition coefficient (Wildman–Crippen LogP) is 4.15. The standard InChI is InChI=1S/C29H36N4O5/c1-4-5-16-38-23-11-8-21(19-24(23)36-3)28-25-26(20-6-9-22(35-2)10-7-20)30-31-27(25)29(34)33(28)13-12-32-14-17-37-18-15-32/h6-11,19,28H,4-5,12-18H2,1-3H3,(H,30,31). The van der Waals surface area contributed by atoms with Gasteiger partial charge in [-0.3, -0.25) is 14.8 Å². The maximum Gasteiger partial charge on any atom is 0.273 e. The van der Waals surface area contributed by atoms with Crippen LogP contribution in [0.15, 0.2) is 42.5 Å². The van der Waals surface area contributed by atoms with E-state index >= 15 is 0 Å². The molecule has 0 spiro atoms. The predicted molar refractivity (Wildman–Crippen MR) is 144 cm³/mol. The molecule has 2 aliphatic heterocycles. The zero-order valence-electron chi connectivity index (χ0n) is 22.4. The topological polar surface area (TPSA) is 89.2 Å². The summed E-state index contributed by atoms with van der Waals surface area (Å²) in [6, 6.07) is 13.4. The second kappa shape index (κ2) is 11.9. The molecule has 2 aliphatic rings. The van der Waals surface area contributed by atoms with Crippen LogP contribution in [0.3, 0.4) is 0 Å². The Morgan fingerprint density at radius 2 is 1.82 bits per heavy atom. The number of hydrogen-bond donors (Lipinski definition) is 1. The highest BCUT2D eigenvalue weighted by Crippen LogP contribution is 2.44. The molecule has 0 bridgehead atoms. The first-order valence-corrected chi connectivity index (χ1v) is 13.3. The lowest BCUT2D eigenvalue weighted by molar-refractivity contribution is 0.0316. The lowest BCUT2D eigenvalue weighted by atomic mass is 9.95. The molecule has 3 aromatic rings. The van der Waals surface area contributed by atoms with Gasteiger partial charge in [0.05, 0.1) is 45.8 Å². The number of carbonyl (C=O) groups excluding carboxylic acids is 1. The average molecular weight is 521 g/mol. The summed E-state index contributed by atoms with van der Waals surface area (Å²) < 4.78 is 22.5. The molecular weight excluding hydrogens is 484 g/mol. The second-order valence-electron chi connectivity index (χ2n) is 9.56. The molecule has 1 atom stereocenters. The molecule has 1 fully saturated rings. The molecule has 1 aromatic heterocycles. The average Bonchev–Trinajstić information content (AvgIpc) is 3.51. The van der Waals surface area contributed by atoms with Crippen molar-refractivity contribution in [3.63, 3.8) is 0 Å². The smallest absolute Gasteiger partial charge is 0.273 e. The van der Waals surface area contributed by atoms with Crippen LogP contribution in [0.1, 0.15) is 47.4 Å². The summed E-state index contributed by atoms with van der Waals surface area (Å²) in [6.07, 6.45) is 2.03. The maximum atomic E-state index is 13.7. The highest BCUT2D eigenvalue weighted by molar-refractivity contribution is 6.00. The fourth-order valence-electron chi connectivity index (χ4n) is 5.12. The van der Waals surface area contributed by atoms with Gasteiger partial charge in [-0.05, 0) is 48.4 Å². The number of unbranched alkanes of at least 4 members (excludes halogenated alkanes) is 1. The minimum atomic E-state index is -0.312. The molecule has 0 aliphatic carbocycles. The summed E-state index contributed by atoms with van der Waals surface area (Å²) in [5, 5.41) is 7.63. The Bertz CT molecular complexity index is 1240. The van der Waals surface area contributed by atoms with Crippen LogP contribution >= 0.6 is 0 Å². The van der Waals surface area contributed by atoms with Gasteiger partial charge in [-0.2, -0.15) is 5.10 Å². The molecule has 9 nitrogen and oxygen atoms in total. The van der Waals surface area contributed by atoms with Crippen LogP contribution in [0.2, 0.25) is 0 Å². The first-order valence-electron chi connectivity index (χ1n) is 13.3. The minimum absolute atomic E-state index is 0.0484. The Hall–Kier alpha value is -3.56. The summed E-state index contributed by atoms with van der Waals surface area (Å²) in [5.41, 5.74) is 4.04. The zero-order valence-corrected chi connectivity index (χ0v) is 22.4. The molecule has 202 valence electrons. The van der Waals surface area contributed by atoms with Crippen LogP contribution in [0, 0.1) is 0 Å². The van der Waals surface area contributed by atoms with Crippen molar-refractivity contribution < 1.29 is 23.7 Å². The summed E-state index contributed by atoms with van der Waals surface area (Å²) in [7, 11) is 3.29. The van der Waals surface area contributed by atoms with E-state index in [-0.39, 0.29) is 11.9 Å². The van der Waals surface area contributed by atoms with E-state index in [1.807, 2.05) is 47.4 Å². The van der Waals surface area contributed by atoms with E-state index in [9.17, 15) is 4.79 Å². The number of carbonyl (C=O) groups is 1. The number of amides is 1. The molecule has 0 radical (unpaired) electrons. The number of methoxy groups -OCH3 is 2. The van der Waals surface area contributed by atoms with E-state index in [1.54, 1.807) is 14.2 Å². The van der Waals surface area contributed by atoms with Gasteiger partial charge in [-0.15, -0.1) is 0 Å². The van der Waals surface area contributed by atoms with E-state index in [1.165, 1.54) is 0 Å². The second-order valence-corrected chi connectivity index (χ2v) is 9.56. The number of H-pyrrole nitrogens is 1. The highest BCUT2D eigenvalue weighted by atomic mass is 16.5. The number of nitrogens with zero attached hydrogens (tertiary/aromatic N) is 3. The van der Waals surface area contributed by atoms with Crippen LogP contribution in [-0.4, -0.2) is 86.1 Å². The lowest BCUT2D eigenvalue weighted by Crippen LogP contribution is -2.42. The van der Waals surface area contributed by atoms with Crippen molar-refractivity contribution in [1.82, 2.24) is 20.0 Å². The molecule has 3 heterocycles. The molecule has 2 aromatic carbocycles. The van der Waals surface area contributed by atoms with Crippen LogP contribution in [-0.2, 0) is 4.74 Å². The van der Waals surface area contributed by atoms with E-state index in [0.29, 0.717) is 30.3 Å². The molecule has 9 heteroatoms. The van der Waals surface area contributed by atoms with E-state index in [2.05, 4.69) is 22.0 Å². The Labute approximate surface area is 223 Å². The number of rotatable bonds is 11. The van der Waals surface area contributed by atoms with E-state index in [0.717, 1.165) is 73.8 Å². The van der Waals surface area contributed by atoms with Gasteiger partial charge in [0, 0.05) is 37.3 Å². The highest BCUT2D eigenvalue weighted by Gasteiger charge is 2.42. The SMILES string of the molecule is CCCCOc1ccc(C2c3c(-c4ccc(OC)cc4)n[nH]c3C(=O)N2CCN2CCOCC2)cc1OC. The fraction of sp³-hybridized carbons (Fsp3) is 0.448. The van der Waals surface area contributed by atoms with Gasteiger partial charge in [0.15, 0.2) is 11.5 Å². The van der Waals surface area contributed by atoms with Gasteiger partial charge in [0.1, 0.15) is 11.4 Å². The van der Waals surface area contributed by atoms with Gasteiger partial charge in [0.25, 0.3) is 5.91 Å². The fourth-order valence-corrected chi connectivity index (χ4v) is 5.12. The van der Waals surface area contributed by atoms with Crippen LogP contribution in [0.5, 0.6) is 17.2 Å². The first kappa shape index (κ1) is 26.1. The van der Waals surface area contributed by atoms with Crippen molar-refractivity contribution in [2.45, 2.75) is 25.8 Å². The van der Waals surface area contributed by atoms with E-state index < -0.39 is 0 Å². The third-order valence-corrected chi connectivity index (χ3v) is 7.25. The largest absolute Gasteiger partial charge is 0.497 e. The van der Waals surface area contributed by atoms with Gasteiger partial charge >= 0.3 is 0 Å². The van der Waals surface area contributed by atoms with Gasteiger partial charge in [0.2, 0.25) is 0 Å². The summed E-state index contributed by atoms with van der Waals surface area (Å²) >= 11 is 0. The summed E-state index contributed by atoms with van der Waals surface area (Å²) in [5.74, 6) is 2.08. The first-order chi connectivity index (χ1) is 18.6. The minimum Gasteiger partial charge on any atom is -0.497 e. The number of ether oxygens (including phenoxy) is 4. The van der Waals surface area contributed by atoms with Crippen molar-refractivity contribution in [2.24, 2.45) is 0 Å². The van der Waals surface area contributed by atoms with E-state index in [4.69, 9.17) is 18.9 Å². The number of morpholine rings is 1. The molecule has 1 saturated heterocycles. The zero-order chi connectivity index (χ0) is 26.5. The Morgan fingerprint density at radius 1 is 1.03 bits per heavy atom. The molecule has 1 unspecified atom stereocenters.